The summed E-state index contributed by atoms with van der Waals surface area (Å²) < 4.78 is 9.09. The molecule has 106 valence electrons. The van der Waals surface area contributed by atoms with Crippen molar-refractivity contribution < 1.29 is 19.4 Å². The molecule has 19 heavy (non-hydrogen) atoms. The van der Waals surface area contributed by atoms with Crippen LogP contribution in [0.25, 0.3) is 0 Å². The van der Waals surface area contributed by atoms with Crippen molar-refractivity contribution in [1.82, 2.24) is 0 Å². The fourth-order valence-corrected chi connectivity index (χ4v) is 1.33. The smallest absolute Gasteiger partial charge is 0.303 e. The summed E-state index contributed by atoms with van der Waals surface area (Å²) in [6.07, 6.45) is 0.871. The summed E-state index contributed by atoms with van der Waals surface area (Å²) in [5, 5.41) is 19.0. The van der Waals surface area contributed by atoms with Crippen molar-refractivity contribution in [2.24, 2.45) is 0 Å². The number of carboxylic acid groups (broad SMARTS) is 1. The topological polar surface area (TPSA) is 104 Å². The number of benzene rings is 1. The fraction of sp³-hybridized carbons (Fsp3) is 0.300. The molecular weight excluding hydrogens is 317 g/mol. The van der Waals surface area contributed by atoms with Crippen molar-refractivity contribution in [3.05, 3.63) is 39.9 Å². The SMILES string of the molecule is O=C(O)CCCc1ccccc1[N+](=O)[O-].[O-][S+](Cl)Cl. The third-order valence-electron chi connectivity index (χ3n) is 2.03. The normalized spacial score (nSPS) is 9.68. The van der Waals surface area contributed by atoms with Gasteiger partial charge in [-0.3, -0.25) is 14.9 Å². The van der Waals surface area contributed by atoms with Gasteiger partial charge in [-0.1, -0.05) is 18.2 Å². The van der Waals surface area contributed by atoms with Gasteiger partial charge < -0.3 is 9.66 Å². The minimum Gasteiger partial charge on any atom is -0.582 e. The Balaban J connectivity index is 0.000000711. The van der Waals surface area contributed by atoms with E-state index in [4.69, 9.17) is 9.66 Å². The molecule has 0 aliphatic rings. The molecule has 0 saturated carbocycles. The minimum atomic E-state index is -1.67. The number of aryl methyl sites for hydroxylation is 1. The summed E-state index contributed by atoms with van der Waals surface area (Å²) in [4.78, 5) is 20.4. The Bertz CT molecular complexity index is 427. The van der Waals surface area contributed by atoms with Crippen LogP contribution in [0.15, 0.2) is 24.3 Å². The van der Waals surface area contributed by atoms with Crippen LogP contribution in [0.4, 0.5) is 5.69 Å². The van der Waals surface area contributed by atoms with E-state index in [9.17, 15) is 14.9 Å². The van der Waals surface area contributed by atoms with E-state index in [-0.39, 0.29) is 12.1 Å². The highest BCUT2D eigenvalue weighted by Gasteiger charge is 2.11. The van der Waals surface area contributed by atoms with Crippen LogP contribution in [0.1, 0.15) is 18.4 Å². The van der Waals surface area contributed by atoms with Gasteiger partial charge in [0.2, 0.25) is 0 Å². The molecule has 0 bridgehead atoms. The van der Waals surface area contributed by atoms with Crippen LogP contribution >= 0.6 is 21.4 Å². The number of nitro benzene ring substituents is 1. The lowest BCUT2D eigenvalue weighted by Gasteiger charge is -2.00. The number of para-hydroxylation sites is 1. The lowest BCUT2D eigenvalue weighted by atomic mass is 10.1. The van der Waals surface area contributed by atoms with Gasteiger partial charge in [0.05, 0.1) is 4.92 Å². The van der Waals surface area contributed by atoms with Gasteiger partial charge in [0.15, 0.2) is 31.0 Å². The molecule has 1 rings (SSSR count). The van der Waals surface area contributed by atoms with Crippen LogP contribution in [-0.2, 0) is 20.8 Å². The molecular formula is C10H11Cl2NO5S. The molecule has 0 unspecified atom stereocenters. The molecule has 0 aliphatic carbocycles. The number of halogens is 2. The Morgan fingerprint density at radius 2 is 1.89 bits per heavy atom. The lowest BCUT2D eigenvalue weighted by molar-refractivity contribution is -0.385. The number of aliphatic carboxylic acids is 1. The zero-order chi connectivity index (χ0) is 14.8. The van der Waals surface area contributed by atoms with Crippen LogP contribution in [0.5, 0.6) is 0 Å². The van der Waals surface area contributed by atoms with Crippen LogP contribution in [0.2, 0.25) is 0 Å². The summed E-state index contributed by atoms with van der Waals surface area (Å²) in [6.45, 7) is 0. The summed E-state index contributed by atoms with van der Waals surface area (Å²) in [6, 6.07) is 6.39. The number of nitrogens with zero attached hydrogens (tertiary/aromatic N) is 1. The molecule has 1 aromatic carbocycles. The predicted octanol–water partition coefficient (Wildman–Crippen LogP) is 3.04. The summed E-state index contributed by atoms with van der Waals surface area (Å²) in [5.74, 6) is -0.881. The maximum Gasteiger partial charge on any atom is 0.303 e. The van der Waals surface area contributed by atoms with Crippen LogP contribution in [0.3, 0.4) is 0 Å². The monoisotopic (exact) mass is 327 g/mol. The second-order valence-corrected chi connectivity index (χ2v) is 5.84. The molecule has 9 heteroatoms. The second kappa shape index (κ2) is 9.85. The average molecular weight is 328 g/mol. The Labute approximate surface area is 121 Å². The third kappa shape index (κ3) is 9.54. The summed E-state index contributed by atoms with van der Waals surface area (Å²) >= 11 is 0. The highest BCUT2D eigenvalue weighted by Crippen LogP contribution is 2.19. The number of hydrogen-bond donors (Lipinski definition) is 1. The molecule has 0 atom stereocenters. The number of rotatable bonds is 5. The highest BCUT2D eigenvalue weighted by molar-refractivity contribution is 8.31. The predicted molar refractivity (Wildman–Crippen MR) is 73.5 cm³/mol. The molecule has 1 aromatic rings. The van der Waals surface area contributed by atoms with Crippen molar-refractivity contribution >= 4 is 42.6 Å². The highest BCUT2D eigenvalue weighted by atomic mass is 36.0. The third-order valence-corrected chi connectivity index (χ3v) is 2.03. The van der Waals surface area contributed by atoms with E-state index in [2.05, 4.69) is 21.4 Å². The number of hydrogen-bond acceptors (Lipinski definition) is 4. The van der Waals surface area contributed by atoms with Crippen LogP contribution in [0, 0.1) is 10.1 Å². The quantitative estimate of drug-likeness (QED) is 0.508. The fourth-order valence-electron chi connectivity index (χ4n) is 1.33. The van der Waals surface area contributed by atoms with E-state index < -0.39 is 20.5 Å². The van der Waals surface area contributed by atoms with Crippen molar-refractivity contribution in [1.29, 1.82) is 0 Å². The number of carbonyl (C=O) groups is 1. The molecule has 0 heterocycles. The zero-order valence-corrected chi connectivity index (χ0v) is 12.0. The van der Waals surface area contributed by atoms with E-state index >= 15 is 0 Å². The Hall–Kier alpha value is -1.02. The largest absolute Gasteiger partial charge is 0.582 e. The molecule has 6 nitrogen and oxygen atoms in total. The van der Waals surface area contributed by atoms with Gasteiger partial charge in [-0.05, 0) is 12.8 Å². The molecule has 0 radical (unpaired) electrons. The Morgan fingerprint density at radius 3 is 2.37 bits per heavy atom. The molecule has 0 saturated heterocycles. The molecule has 0 spiro atoms. The molecule has 1 N–H and O–H groups in total. The Kier molecular flexibility index (Phi) is 9.32. The van der Waals surface area contributed by atoms with Gasteiger partial charge in [-0.2, -0.15) is 0 Å². The first-order valence-corrected chi connectivity index (χ1v) is 7.83. The van der Waals surface area contributed by atoms with E-state index in [1.54, 1.807) is 18.2 Å². The zero-order valence-electron chi connectivity index (χ0n) is 9.62. The second-order valence-electron chi connectivity index (χ2n) is 3.32. The molecule has 0 fully saturated rings. The van der Waals surface area contributed by atoms with Crippen LogP contribution < -0.4 is 0 Å². The molecule has 0 aliphatic heterocycles. The standard InChI is InChI=1S/C10H11NO4.Cl2OS/c12-10(13)7-3-5-8-4-1-2-6-9(8)11(14)15;1-4(2)3/h1-2,4,6H,3,5,7H2,(H,12,13);. The van der Waals surface area contributed by atoms with E-state index in [0.29, 0.717) is 18.4 Å². The maximum absolute atomic E-state index is 10.6. The average Bonchev–Trinajstić information content (AvgIpc) is 2.28. The number of carboxylic acids is 1. The van der Waals surface area contributed by atoms with Gasteiger partial charge in [0.1, 0.15) is 0 Å². The first kappa shape index (κ1) is 18.0. The van der Waals surface area contributed by atoms with Crippen LogP contribution in [-0.4, -0.2) is 20.6 Å². The van der Waals surface area contributed by atoms with Gasteiger partial charge in [0.25, 0.3) is 5.69 Å². The van der Waals surface area contributed by atoms with Gasteiger partial charge >= 0.3 is 5.97 Å². The molecule has 0 amide bonds. The van der Waals surface area contributed by atoms with E-state index in [0.717, 1.165) is 0 Å². The Morgan fingerprint density at radius 1 is 1.37 bits per heavy atom. The first-order chi connectivity index (χ1) is 8.84. The summed E-state index contributed by atoms with van der Waals surface area (Å²) in [5.41, 5.74) is 0.645. The van der Waals surface area contributed by atoms with Crippen molar-refractivity contribution in [3.8, 4) is 0 Å². The van der Waals surface area contributed by atoms with Gasteiger partial charge in [-0.15, -0.1) is 0 Å². The summed E-state index contributed by atoms with van der Waals surface area (Å²) in [7, 11) is 7.36. The van der Waals surface area contributed by atoms with Crippen molar-refractivity contribution in [2.75, 3.05) is 0 Å². The minimum absolute atomic E-state index is 0.0338. The van der Waals surface area contributed by atoms with Gasteiger partial charge in [0, 0.05) is 18.1 Å². The lowest BCUT2D eigenvalue weighted by Crippen LogP contribution is -1.98. The van der Waals surface area contributed by atoms with Crippen molar-refractivity contribution in [3.63, 3.8) is 0 Å². The number of nitro groups is 1. The van der Waals surface area contributed by atoms with E-state index in [1.165, 1.54) is 6.07 Å². The van der Waals surface area contributed by atoms with E-state index in [1.807, 2.05) is 0 Å². The van der Waals surface area contributed by atoms with Gasteiger partial charge in [-0.25, -0.2) is 0 Å². The van der Waals surface area contributed by atoms with Crippen molar-refractivity contribution in [2.45, 2.75) is 19.3 Å². The first-order valence-electron chi connectivity index (χ1n) is 5.03. The maximum atomic E-state index is 10.6. The molecule has 0 aromatic heterocycles.